The van der Waals surface area contributed by atoms with Crippen LogP contribution in [0.5, 0.6) is 17.2 Å². The zero-order valence-electron chi connectivity index (χ0n) is 27.9. The molecule has 2 amide bonds. The molecule has 4 aromatic rings. The lowest BCUT2D eigenvalue weighted by molar-refractivity contribution is -0.120. The van der Waals surface area contributed by atoms with Crippen LogP contribution in [-0.4, -0.2) is 48.3 Å². The summed E-state index contributed by atoms with van der Waals surface area (Å²) in [4.78, 5) is 52.2. The van der Waals surface area contributed by atoms with Gasteiger partial charge in [-0.2, -0.15) is 0 Å². The molecule has 0 bridgehead atoms. The number of nitrogens with one attached hydrogen (secondary N) is 3. The number of imidazole rings is 1. The van der Waals surface area contributed by atoms with Crippen molar-refractivity contribution in [3.05, 3.63) is 74.3 Å². The predicted octanol–water partition coefficient (Wildman–Crippen LogP) is 4.13. The standard InChI is InChI=1S/C35H41N5O7/c1-18(2)31(34(43)37-21-10-14-26-27(16-21)40(5)35(44)39(26)4)38-25-13-11-22-23(17-28(25)42)24(36-19(3)41)12-9-20-15-29(45-6)32(46-7)33(47-8)30(20)22/h10-11,13-18,24,31H,9,12H2,1-8H3,(H,36,41)(H,37,43)(H,38,42)/t24-,31-/m0/s1. The Morgan fingerprint density at radius 3 is 2.23 bits per heavy atom. The number of anilines is 2. The van der Waals surface area contributed by atoms with Crippen molar-refractivity contribution in [2.24, 2.45) is 20.0 Å². The van der Waals surface area contributed by atoms with Crippen molar-refractivity contribution >= 4 is 34.2 Å². The number of hydrogen-bond acceptors (Lipinski definition) is 8. The molecular weight excluding hydrogens is 602 g/mol. The number of benzene rings is 2. The van der Waals surface area contributed by atoms with Crippen LogP contribution in [0.2, 0.25) is 0 Å². The normalized spacial score (nSPS) is 14.4. The van der Waals surface area contributed by atoms with Crippen molar-refractivity contribution in [3.8, 4) is 28.4 Å². The van der Waals surface area contributed by atoms with Gasteiger partial charge in [0, 0.05) is 32.3 Å². The fourth-order valence-corrected chi connectivity index (χ4v) is 6.33. The largest absolute Gasteiger partial charge is 0.493 e. The summed E-state index contributed by atoms with van der Waals surface area (Å²) in [5.74, 6) is 0.605. The number of amides is 2. The second-order valence-corrected chi connectivity index (χ2v) is 12.1. The minimum atomic E-state index is -0.780. The van der Waals surface area contributed by atoms with Crippen molar-refractivity contribution in [2.45, 2.75) is 45.7 Å². The van der Waals surface area contributed by atoms with Gasteiger partial charge in [0.1, 0.15) is 6.04 Å². The summed E-state index contributed by atoms with van der Waals surface area (Å²) in [6, 6.07) is 10.9. The highest BCUT2D eigenvalue weighted by atomic mass is 16.5. The first-order valence-electron chi connectivity index (χ1n) is 15.4. The molecule has 0 radical (unpaired) electrons. The molecule has 2 atom stereocenters. The molecule has 1 aromatic heterocycles. The van der Waals surface area contributed by atoms with Crippen LogP contribution >= 0.6 is 0 Å². The van der Waals surface area contributed by atoms with Crippen molar-refractivity contribution in [3.63, 3.8) is 0 Å². The molecule has 12 heteroatoms. The van der Waals surface area contributed by atoms with E-state index >= 15 is 0 Å². The van der Waals surface area contributed by atoms with E-state index in [4.69, 9.17) is 14.2 Å². The minimum absolute atomic E-state index is 0.165. The second-order valence-electron chi connectivity index (χ2n) is 12.1. The van der Waals surface area contributed by atoms with Crippen molar-refractivity contribution in [1.29, 1.82) is 0 Å². The molecule has 0 saturated heterocycles. The Balaban J connectivity index is 1.58. The van der Waals surface area contributed by atoms with Crippen LogP contribution in [0.15, 0.2) is 52.1 Å². The van der Waals surface area contributed by atoms with Gasteiger partial charge in [0.05, 0.1) is 44.1 Å². The molecule has 47 heavy (non-hydrogen) atoms. The number of carbonyl (C=O) groups excluding carboxylic acids is 2. The van der Waals surface area contributed by atoms with E-state index in [9.17, 15) is 19.2 Å². The Hall–Kier alpha value is -5.26. The van der Waals surface area contributed by atoms with Crippen LogP contribution in [0.25, 0.3) is 22.2 Å². The zero-order valence-corrected chi connectivity index (χ0v) is 27.9. The molecule has 248 valence electrons. The number of aryl methyl sites for hydroxylation is 3. The summed E-state index contributed by atoms with van der Waals surface area (Å²) < 4.78 is 20.2. The van der Waals surface area contributed by atoms with E-state index in [2.05, 4.69) is 16.0 Å². The lowest BCUT2D eigenvalue weighted by atomic mass is 9.95. The third kappa shape index (κ3) is 6.15. The van der Waals surface area contributed by atoms with Crippen molar-refractivity contribution in [1.82, 2.24) is 14.5 Å². The number of ether oxygens (including phenoxy) is 3. The van der Waals surface area contributed by atoms with Gasteiger partial charge in [0.2, 0.25) is 23.0 Å². The number of methoxy groups -OCH3 is 3. The smallest absolute Gasteiger partial charge is 0.328 e. The first-order valence-corrected chi connectivity index (χ1v) is 15.4. The lowest BCUT2D eigenvalue weighted by Crippen LogP contribution is -2.39. The Labute approximate surface area is 272 Å². The maximum Gasteiger partial charge on any atom is 0.328 e. The molecular formula is C35H41N5O7. The summed E-state index contributed by atoms with van der Waals surface area (Å²) in [7, 11) is 8.01. The number of hydrogen-bond donors (Lipinski definition) is 3. The Morgan fingerprint density at radius 2 is 1.60 bits per heavy atom. The van der Waals surface area contributed by atoms with Gasteiger partial charge >= 0.3 is 5.69 Å². The summed E-state index contributed by atoms with van der Waals surface area (Å²) in [6.45, 7) is 5.22. The maximum atomic E-state index is 13.9. The van der Waals surface area contributed by atoms with Crippen LogP contribution in [0.4, 0.5) is 11.4 Å². The molecule has 0 fully saturated rings. The summed E-state index contributed by atoms with van der Waals surface area (Å²) in [5, 5.41) is 9.14. The summed E-state index contributed by atoms with van der Waals surface area (Å²) >= 11 is 0. The monoisotopic (exact) mass is 643 g/mol. The molecule has 1 aliphatic rings. The van der Waals surface area contributed by atoms with Gasteiger partial charge in [-0.1, -0.05) is 19.9 Å². The van der Waals surface area contributed by atoms with E-state index in [1.807, 2.05) is 26.0 Å². The van der Waals surface area contributed by atoms with E-state index in [1.54, 1.807) is 57.1 Å². The van der Waals surface area contributed by atoms with Crippen molar-refractivity contribution in [2.75, 3.05) is 32.0 Å². The van der Waals surface area contributed by atoms with Gasteiger partial charge in [0.25, 0.3) is 0 Å². The van der Waals surface area contributed by atoms with E-state index < -0.39 is 12.1 Å². The molecule has 0 saturated carbocycles. The molecule has 3 N–H and O–H groups in total. The highest BCUT2D eigenvalue weighted by Gasteiger charge is 2.30. The van der Waals surface area contributed by atoms with Gasteiger partial charge in [-0.25, -0.2) is 4.79 Å². The van der Waals surface area contributed by atoms with Crippen LogP contribution in [0, 0.1) is 5.92 Å². The predicted molar refractivity (Wildman–Crippen MR) is 182 cm³/mol. The fraction of sp³-hybridized carbons (Fsp3) is 0.371. The molecule has 3 aromatic carbocycles. The Kier molecular flexibility index (Phi) is 9.32. The van der Waals surface area contributed by atoms with Gasteiger partial charge in [0.15, 0.2) is 11.5 Å². The van der Waals surface area contributed by atoms with Crippen LogP contribution < -0.4 is 41.3 Å². The van der Waals surface area contributed by atoms with Crippen LogP contribution in [-0.2, 0) is 30.1 Å². The molecule has 1 heterocycles. The quantitative estimate of drug-likeness (QED) is 0.247. The number of rotatable bonds is 9. The van der Waals surface area contributed by atoms with Crippen LogP contribution in [0.1, 0.15) is 44.4 Å². The fourth-order valence-electron chi connectivity index (χ4n) is 6.33. The molecule has 0 aliphatic heterocycles. The van der Waals surface area contributed by atoms with Gasteiger partial charge in [-0.05, 0) is 71.8 Å². The van der Waals surface area contributed by atoms with Crippen molar-refractivity contribution < 1.29 is 23.8 Å². The SMILES string of the molecule is COc1cc2c(c(OC)c1OC)-c1ccc(N[C@H](C(=O)Nc3ccc4c(c3)n(C)c(=O)n4C)C(C)C)c(=O)cc1[C@@H](NC(C)=O)CC2. The molecule has 5 rings (SSSR count). The molecule has 0 unspecified atom stereocenters. The van der Waals surface area contributed by atoms with Crippen LogP contribution in [0.3, 0.4) is 0 Å². The minimum Gasteiger partial charge on any atom is -0.493 e. The third-order valence-electron chi connectivity index (χ3n) is 8.72. The first-order chi connectivity index (χ1) is 22.4. The molecule has 1 aliphatic carbocycles. The number of carbonyl (C=O) groups is 2. The maximum absolute atomic E-state index is 13.9. The van der Waals surface area contributed by atoms with Gasteiger partial charge in [-0.15, -0.1) is 0 Å². The summed E-state index contributed by atoms with van der Waals surface area (Å²) in [5.41, 5.74) is 4.61. The third-order valence-corrected chi connectivity index (χ3v) is 8.72. The number of nitrogens with zero attached hydrogens (tertiary/aromatic N) is 2. The van der Waals surface area contributed by atoms with E-state index in [-0.39, 0.29) is 34.5 Å². The Morgan fingerprint density at radius 1 is 0.894 bits per heavy atom. The average Bonchev–Trinajstić information content (AvgIpc) is 3.15. The second kappa shape index (κ2) is 13.2. The van der Waals surface area contributed by atoms with Gasteiger partial charge in [-0.3, -0.25) is 23.5 Å². The van der Waals surface area contributed by atoms with Gasteiger partial charge < -0.3 is 30.2 Å². The molecule has 12 nitrogen and oxygen atoms in total. The highest BCUT2D eigenvalue weighted by molar-refractivity contribution is 5.98. The number of fused-ring (bicyclic) bond motifs is 4. The zero-order chi connectivity index (χ0) is 34.2. The Bertz CT molecular complexity index is 2000. The lowest BCUT2D eigenvalue weighted by Gasteiger charge is -2.22. The topological polar surface area (TPSA) is 142 Å². The van der Waals surface area contributed by atoms with E-state index in [0.29, 0.717) is 52.4 Å². The summed E-state index contributed by atoms with van der Waals surface area (Å²) in [6.07, 6.45) is 1.10. The highest BCUT2D eigenvalue weighted by Crippen LogP contribution is 2.50. The average molecular weight is 644 g/mol. The number of aromatic nitrogens is 2. The molecule has 0 spiro atoms. The van der Waals surface area contributed by atoms with E-state index in [1.165, 1.54) is 24.7 Å². The van der Waals surface area contributed by atoms with E-state index in [0.717, 1.165) is 16.6 Å². The first kappa shape index (κ1) is 33.1.